The van der Waals surface area contributed by atoms with Crippen molar-refractivity contribution in [3.05, 3.63) is 27.2 Å². The fraction of sp³-hybridized carbons (Fsp3) is 0.556. The van der Waals surface area contributed by atoms with Crippen molar-refractivity contribution in [3.8, 4) is 6.07 Å². The number of aromatic nitrogens is 3. The molecule has 1 aliphatic carbocycles. The average Bonchev–Trinajstić information content (AvgIpc) is 3.25. The van der Waals surface area contributed by atoms with Gasteiger partial charge in [-0.1, -0.05) is 0 Å². The number of nitrogens with one attached hydrogen (secondary N) is 1. The molecule has 0 spiro atoms. The Morgan fingerprint density at radius 1 is 1.31 bits per heavy atom. The van der Waals surface area contributed by atoms with Gasteiger partial charge in [0.2, 0.25) is 0 Å². The van der Waals surface area contributed by atoms with Gasteiger partial charge in [0.05, 0.1) is 30.8 Å². The van der Waals surface area contributed by atoms with Crippen molar-refractivity contribution in [2.24, 2.45) is 0 Å². The van der Waals surface area contributed by atoms with Gasteiger partial charge in [-0.25, -0.2) is 9.48 Å². The van der Waals surface area contributed by atoms with Crippen LogP contribution in [0.1, 0.15) is 55.0 Å². The molecular formula is C18H21N5O3. The third-order valence-corrected chi connectivity index (χ3v) is 5.50. The van der Waals surface area contributed by atoms with E-state index in [2.05, 4.69) is 16.2 Å². The number of hydrogen-bond donors (Lipinski definition) is 2. The number of amides is 1. The van der Waals surface area contributed by atoms with Gasteiger partial charge >= 0.3 is 6.09 Å². The maximum Gasteiger partial charge on any atom is 0.407 e. The molecule has 1 atom stereocenters. The maximum absolute atomic E-state index is 12.5. The normalized spacial score (nSPS) is 19.5. The quantitative estimate of drug-likeness (QED) is 0.877. The topological polar surface area (TPSA) is 115 Å². The summed E-state index contributed by atoms with van der Waals surface area (Å²) in [5, 5.41) is 24.0. The summed E-state index contributed by atoms with van der Waals surface area (Å²) in [5.41, 5.74) is 3.10. The van der Waals surface area contributed by atoms with Crippen LogP contribution in [0.15, 0.2) is 4.79 Å². The fourth-order valence-corrected chi connectivity index (χ4v) is 4.35. The van der Waals surface area contributed by atoms with Crippen LogP contribution in [0.2, 0.25) is 0 Å². The van der Waals surface area contributed by atoms with Crippen LogP contribution in [0, 0.1) is 11.3 Å². The Bertz CT molecular complexity index is 968. The van der Waals surface area contributed by atoms with Crippen molar-refractivity contribution < 1.29 is 9.90 Å². The molecule has 2 aromatic heterocycles. The van der Waals surface area contributed by atoms with E-state index in [-0.39, 0.29) is 18.0 Å². The summed E-state index contributed by atoms with van der Waals surface area (Å²) in [7, 11) is 0. The molecule has 2 N–H and O–H groups in total. The van der Waals surface area contributed by atoms with Crippen molar-refractivity contribution in [1.82, 2.24) is 19.7 Å². The van der Waals surface area contributed by atoms with Gasteiger partial charge in [-0.15, -0.1) is 0 Å². The molecule has 8 nitrogen and oxygen atoms in total. The summed E-state index contributed by atoms with van der Waals surface area (Å²) in [5.74, 6) is 0. The summed E-state index contributed by atoms with van der Waals surface area (Å²) in [6.45, 7) is 0.875. The zero-order valence-electron chi connectivity index (χ0n) is 14.5. The van der Waals surface area contributed by atoms with Crippen LogP contribution >= 0.6 is 0 Å². The van der Waals surface area contributed by atoms with Gasteiger partial charge in [-0.05, 0) is 44.1 Å². The highest BCUT2D eigenvalue weighted by Crippen LogP contribution is 2.38. The Kier molecular flexibility index (Phi) is 4.15. The van der Waals surface area contributed by atoms with Crippen molar-refractivity contribution in [3.63, 3.8) is 0 Å². The van der Waals surface area contributed by atoms with E-state index in [9.17, 15) is 14.7 Å². The van der Waals surface area contributed by atoms with Gasteiger partial charge in [0.25, 0.3) is 5.56 Å². The Labute approximate surface area is 150 Å². The van der Waals surface area contributed by atoms with E-state index >= 15 is 0 Å². The molecular weight excluding hydrogens is 334 g/mol. The van der Waals surface area contributed by atoms with Crippen LogP contribution in [0.4, 0.5) is 4.79 Å². The molecule has 0 saturated carbocycles. The van der Waals surface area contributed by atoms with E-state index in [1.807, 2.05) is 0 Å². The van der Waals surface area contributed by atoms with Gasteiger partial charge in [0.15, 0.2) is 0 Å². The van der Waals surface area contributed by atoms with E-state index in [0.717, 1.165) is 60.7 Å². The number of carboxylic acid groups (broad SMARTS) is 1. The first-order valence-corrected chi connectivity index (χ1v) is 9.12. The zero-order valence-corrected chi connectivity index (χ0v) is 14.5. The van der Waals surface area contributed by atoms with Crippen LogP contribution in [0.5, 0.6) is 0 Å². The minimum absolute atomic E-state index is 0.0848. The molecule has 4 rings (SSSR count). The Morgan fingerprint density at radius 2 is 2.08 bits per heavy atom. The van der Waals surface area contributed by atoms with E-state index in [1.165, 1.54) is 4.90 Å². The van der Waals surface area contributed by atoms with Gasteiger partial charge < -0.3 is 10.1 Å². The molecule has 1 fully saturated rings. The lowest BCUT2D eigenvalue weighted by molar-refractivity contribution is 0.139. The van der Waals surface area contributed by atoms with Crippen molar-refractivity contribution in [1.29, 1.82) is 5.26 Å². The number of H-pyrrole nitrogens is 1. The second-order valence-corrected chi connectivity index (χ2v) is 6.99. The van der Waals surface area contributed by atoms with Crippen molar-refractivity contribution >= 4 is 17.1 Å². The number of carbonyl (C=O) groups is 1. The SMILES string of the molecule is N#CCCn1nc([C@H]2CCCN2C(=O)O)c2c3c(c(=O)[nH]c21)CCCC3. The standard InChI is InChI=1S/C18H21N5O3/c19-8-4-10-23-16-14(11-5-1-2-6-12(11)17(24)20-16)15(21-23)13-7-3-9-22(13)18(25)26/h13H,1-7,9-10H2,(H,20,24)(H,25,26)/t13-/m1/s1. The number of rotatable bonds is 3. The van der Waals surface area contributed by atoms with E-state index in [0.29, 0.717) is 18.7 Å². The van der Waals surface area contributed by atoms with Crippen LogP contribution < -0.4 is 5.56 Å². The summed E-state index contributed by atoms with van der Waals surface area (Å²) >= 11 is 0. The lowest BCUT2D eigenvalue weighted by Crippen LogP contribution is -2.29. The summed E-state index contributed by atoms with van der Waals surface area (Å²) in [4.78, 5) is 28.6. The minimum atomic E-state index is -0.939. The molecule has 0 radical (unpaired) electrons. The molecule has 3 heterocycles. The predicted molar refractivity (Wildman–Crippen MR) is 93.9 cm³/mol. The number of aryl methyl sites for hydroxylation is 2. The van der Waals surface area contributed by atoms with Crippen molar-refractivity contribution in [2.75, 3.05) is 6.54 Å². The van der Waals surface area contributed by atoms with Crippen LogP contribution in [-0.4, -0.2) is 37.4 Å². The van der Waals surface area contributed by atoms with Crippen molar-refractivity contribution in [2.45, 2.75) is 57.5 Å². The second-order valence-electron chi connectivity index (χ2n) is 6.99. The number of hydrogen-bond acceptors (Lipinski definition) is 4. The predicted octanol–water partition coefficient (Wildman–Crippen LogP) is 2.33. The van der Waals surface area contributed by atoms with E-state index in [4.69, 9.17) is 5.26 Å². The molecule has 136 valence electrons. The van der Waals surface area contributed by atoms with E-state index in [1.54, 1.807) is 4.68 Å². The number of likely N-dealkylation sites (tertiary alicyclic amines) is 1. The van der Waals surface area contributed by atoms with E-state index < -0.39 is 6.09 Å². The number of aromatic amines is 1. The number of fused-ring (bicyclic) bond motifs is 3. The smallest absolute Gasteiger partial charge is 0.407 e. The Hall–Kier alpha value is -2.82. The average molecular weight is 355 g/mol. The highest BCUT2D eigenvalue weighted by molar-refractivity contribution is 5.84. The highest BCUT2D eigenvalue weighted by Gasteiger charge is 2.35. The molecule has 26 heavy (non-hydrogen) atoms. The first kappa shape index (κ1) is 16.6. The summed E-state index contributed by atoms with van der Waals surface area (Å²) in [6.07, 6.45) is 4.43. The molecule has 0 bridgehead atoms. The molecule has 2 aliphatic rings. The van der Waals surface area contributed by atoms with Crippen LogP contribution in [0.25, 0.3) is 11.0 Å². The fourth-order valence-electron chi connectivity index (χ4n) is 4.35. The Morgan fingerprint density at radius 3 is 2.81 bits per heavy atom. The van der Waals surface area contributed by atoms with Crippen LogP contribution in [-0.2, 0) is 19.4 Å². The molecule has 1 amide bonds. The first-order chi connectivity index (χ1) is 12.6. The first-order valence-electron chi connectivity index (χ1n) is 9.12. The third kappa shape index (κ3) is 2.55. The van der Waals surface area contributed by atoms with Crippen LogP contribution in [0.3, 0.4) is 0 Å². The molecule has 0 unspecified atom stereocenters. The molecule has 0 aromatic carbocycles. The summed E-state index contributed by atoms with van der Waals surface area (Å²) < 4.78 is 1.67. The Balaban J connectivity index is 1.95. The second kappa shape index (κ2) is 6.48. The number of nitrogens with zero attached hydrogens (tertiary/aromatic N) is 4. The largest absolute Gasteiger partial charge is 0.465 e. The summed E-state index contributed by atoms with van der Waals surface area (Å²) in [6, 6.07) is 1.81. The van der Waals surface area contributed by atoms with Gasteiger partial charge in [-0.2, -0.15) is 10.4 Å². The lowest BCUT2D eigenvalue weighted by Gasteiger charge is -2.21. The molecule has 1 aliphatic heterocycles. The molecule has 8 heteroatoms. The molecule has 1 saturated heterocycles. The van der Waals surface area contributed by atoms with Gasteiger partial charge in [0.1, 0.15) is 5.65 Å². The monoisotopic (exact) mass is 355 g/mol. The number of pyridine rings is 1. The maximum atomic E-state index is 12.5. The highest BCUT2D eigenvalue weighted by atomic mass is 16.4. The zero-order chi connectivity index (χ0) is 18.3. The van der Waals surface area contributed by atoms with Gasteiger partial charge in [-0.3, -0.25) is 9.69 Å². The lowest BCUT2D eigenvalue weighted by atomic mass is 9.89. The number of nitriles is 1. The molecule has 2 aromatic rings. The minimum Gasteiger partial charge on any atom is -0.465 e. The third-order valence-electron chi connectivity index (χ3n) is 5.50. The van der Waals surface area contributed by atoms with Gasteiger partial charge in [0, 0.05) is 17.5 Å².